The molecular weight excluding hydrogens is 905 g/mol. The number of benzene rings is 4. The number of fused-ring (bicyclic) bond motifs is 9. The van der Waals surface area contributed by atoms with Crippen LogP contribution in [0.3, 0.4) is 0 Å². The summed E-state index contributed by atoms with van der Waals surface area (Å²) in [5, 5.41) is 26.5. The van der Waals surface area contributed by atoms with Crippen LogP contribution in [0, 0.1) is 25.2 Å². The van der Waals surface area contributed by atoms with Gasteiger partial charge in [-0.2, -0.15) is 5.26 Å². The molecule has 4 aromatic rings. The molecule has 0 saturated carbocycles. The van der Waals surface area contributed by atoms with Crippen molar-refractivity contribution in [1.82, 2.24) is 15.1 Å². The second kappa shape index (κ2) is 17.5. The zero-order valence-electron chi connectivity index (χ0n) is 39.7. The van der Waals surface area contributed by atoms with Crippen molar-refractivity contribution in [3.63, 3.8) is 0 Å². The van der Waals surface area contributed by atoms with Crippen molar-refractivity contribution in [1.29, 1.82) is 5.26 Å². The number of thioether (sulfide) groups is 1. The van der Waals surface area contributed by atoms with Crippen LogP contribution in [0.25, 0.3) is 6.08 Å². The summed E-state index contributed by atoms with van der Waals surface area (Å²) in [4.78, 5) is 46.6. The van der Waals surface area contributed by atoms with E-state index in [2.05, 4.69) is 21.2 Å². The summed E-state index contributed by atoms with van der Waals surface area (Å²) >= 11 is 1.45. The Hall–Kier alpha value is -6.45. The average Bonchev–Trinajstić information content (AvgIpc) is 3.81. The monoisotopic (exact) mass is 958 g/mol. The molecule has 69 heavy (non-hydrogen) atoms. The van der Waals surface area contributed by atoms with Gasteiger partial charge in [0.05, 0.1) is 37.6 Å². The van der Waals surface area contributed by atoms with E-state index in [-0.39, 0.29) is 48.2 Å². The average molecular weight is 959 g/mol. The first-order valence-corrected chi connectivity index (χ1v) is 24.0. The number of aryl methyl sites for hydroxylation is 1. The molecule has 2 saturated heterocycles. The molecule has 2 N–H and O–H groups in total. The van der Waals surface area contributed by atoms with Crippen LogP contribution in [0.5, 0.6) is 40.2 Å². The van der Waals surface area contributed by atoms with Crippen molar-refractivity contribution in [2.24, 2.45) is 0 Å². The van der Waals surface area contributed by atoms with Gasteiger partial charge in [-0.3, -0.25) is 15.1 Å². The van der Waals surface area contributed by atoms with Gasteiger partial charge >= 0.3 is 18.1 Å². The number of phenolic OH excluding ortho intramolecular Hbond substituents is 1. The molecule has 1 spiro atoms. The highest BCUT2D eigenvalue weighted by Gasteiger charge is 2.62. The number of methoxy groups -OCH3 is 2. The molecule has 7 aliphatic rings. The minimum absolute atomic E-state index is 0.0122. The van der Waals surface area contributed by atoms with Crippen LogP contribution in [0.1, 0.15) is 88.2 Å². The molecule has 7 aliphatic heterocycles. The lowest BCUT2D eigenvalue weighted by Crippen LogP contribution is -2.69. The second-order valence-electron chi connectivity index (χ2n) is 19.2. The number of piperazine rings is 1. The van der Waals surface area contributed by atoms with E-state index in [1.165, 1.54) is 32.1 Å². The molecule has 4 aromatic carbocycles. The lowest BCUT2D eigenvalue weighted by atomic mass is 9.71. The number of carbonyl (C=O) groups is 3. The van der Waals surface area contributed by atoms with Crippen LogP contribution in [0.2, 0.25) is 0 Å². The van der Waals surface area contributed by atoms with Gasteiger partial charge in [-0.05, 0) is 101 Å². The molecule has 2 fully saturated rings. The molecule has 16 nitrogen and oxygen atoms in total. The number of nitriles is 1. The van der Waals surface area contributed by atoms with Crippen molar-refractivity contribution in [2.45, 2.75) is 94.1 Å². The Bertz CT molecular complexity index is 2860. The largest absolute Gasteiger partial charge is 0.514 e. The Kier molecular flexibility index (Phi) is 11.7. The predicted octanol–water partition coefficient (Wildman–Crippen LogP) is 7.29. The van der Waals surface area contributed by atoms with Crippen molar-refractivity contribution in [2.75, 3.05) is 47.0 Å². The maximum Gasteiger partial charge on any atom is 0.514 e. The first-order chi connectivity index (χ1) is 33.1. The highest BCUT2D eigenvalue weighted by Crippen LogP contribution is 2.64. The quantitative estimate of drug-likeness (QED) is 0.0848. The minimum atomic E-state index is -1.48. The SMILES string of the molecule is COc1cc2c(cc1OC(=O)OC(C)(C)C)CCN[C@]21CS[C@@H]2c3c(OC(=O)C=Cc4ccccc4)c(C)c4c(c3[C@H](COC1=O)N1C2[C@@H]2c3c(cc(C)c(OC)c3O)C[C@@H]([C@@H]1C#N)N2C)OCO4. The number of nitrogens with zero attached hydrogens (tertiary/aromatic N) is 3. The molecule has 7 atom stereocenters. The number of hydrogen-bond donors (Lipinski definition) is 2. The lowest BCUT2D eigenvalue weighted by Gasteiger charge is -2.62. The highest BCUT2D eigenvalue weighted by atomic mass is 32.2. The highest BCUT2D eigenvalue weighted by molar-refractivity contribution is 7.99. The van der Waals surface area contributed by atoms with Crippen molar-refractivity contribution < 1.29 is 57.4 Å². The summed E-state index contributed by atoms with van der Waals surface area (Å²) in [6, 6.07) is 14.4. The van der Waals surface area contributed by atoms with E-state index < -0.39 is 58.7 Å². The molecule has 7 heterocycles. The van der Waals surface area contributed by atoms with Crippen LogP contribution >= 0.6 is 11.8 Å². The van der Waals surface area contributed by atoms with Gasteiger partial charge in [0, 0.05) is 52.7 Å². The van der Waals surface area contributed by atoms with Gasteiger partial charge < -0.3 is 43.0 Å². The summed E-state index contributed by atoms with van der Waals surface area (Å²) in [6.07, 6.45) is 3.09. The molecule has 17 heteroatoms. The lowest BCUT2D eigenvalue weighted by molar-refractivity contribution is -0.157. The van der Waals surface area contributed by atoms with E-state index in [1.807, 2.05) is 57.3 Å². The first kappa shape index (κ1) is 46.3. The van der Waals surface area contributed by atoms with Crippen LogP contribution in [-0.4, -0.2) is 104 Å². The van der Waals surface area contributed by atoms with E-state index >= 15 is 4.79 Å². The fourth-order valence-corrected chi connectivity index (χ4v) is 13.0. The van der Waals surface area contributed by atoms with E-state index in [4.69, 9.17) is 37.9 Å². The number of aromatic hydroxyl groups is 1. The molecule has 0 aromatic heterocycles. The number of carbonyl (C=O) groups excluding carboxylic acids is 3. The van der Waals surface area contributed by atoms with Crippen LogP contribution in [-0.2, 0) is 37.4 Å². The number of ether oxygens (including phenoxy) is 8. The van der Waals surface area contributed by atoms with Crippen molar-refractivity contribution in [3.8, 4) is 46.3 Å². The Morgan fingerprint density at radius 1 is 0.971 bits per heavy atom. The summed E-state index contributed by atoms with van der Waals surface area (Å²) in [6.45, 7) is 8.95. The van der Waals surface area contributed by atoms with Gasteiger partial charge in [-0.15, -0.1) is 11.8 Å². The van der Waals surface area contributed by atoms with E-state index in [1.54, 1.807) is 39.0 Å². The summed E-state index contributed by atoms with van der Waals surface area (Å²) < 4.78 is 48.4. The number of esters is 2. The summed E-state index contributed by atoms with van der Waals surface area (Å²) in [7, 11) is 4.96. The third kappa shape index (κ3) is 7.59. The second-order valence-corrected chi connectivity index (χ2v) is 20.3. The molecule has 4 bridgehead atoms. The Balaban J connectivity index is 1.18. The van der Waals surface area contributed by atoms with Gasteiger partial charge in [0.15, 0.2) is 40.0 Å². The van der Waals surface area contributed by atoms with Gasteiger partial charge in [0.1, 0.15) is 24.0 Å². The van der Waals surface area contributed by atoms with E-state index in [0.29, 0.717) is 64.5 Å². The van der Waals surface area contributed by atoms with Gasteiger partial charge in [-0.25, -0.2) is 14.4 Å². The van der Waals surface area contributed by atoms with Gasteiger partial charge in [0.25, 0.3) is 0 Å². The molecule has 0 amide bonds. The summed E-state index contributed by atoms with van der Waals surface area (Å²) in [5.74, 6) is 0.656. The number of hydrogen-bond acceptors (Lipinski definition) is 17. The minimum Gasteiger partial charge on any atom is -0.504 e. The van der Waals surface area contributed by atoms with Crippen LogP contribution in [0.15, 0.2) is 54.6 Å². The number of phenols is 1. The van der Waals surface area contributed by atoms with E-state index in [0.717, 1.165) is 22.3 Å². The third-order valence-electron chi connectivity index (χ3n) is 14.2. The summed E-state index contributed by atoms with van der Waals surface area (Å²) in [5.41, 5.74) is 3.92. The molecule has 0 aliphatic carbocycles. The Labute approximate surface area is 404 Å². The van der Waals surface area contributed by atoms with Crippen molar-refractivity contribution >= 4 is 35.9 Å². The van der Waals surface area contributed by atoms with Gasteiger partial charge in [0.2, 0.25) is 6.79 Å². The Morgan fingerprint density at radius 3 is 2.46 bits per heavy atom. The fourth-order valence-electron chi connectivity index (χ4n) is 11.3. The third-order valence-corrected chi connectivity index (χ3v) is 15.6. The van der Waals surface area contributed by atoms with E-state index in [9.17, 15) is 20.0 Å². The maximum absolute atomic E-state index is 15.2. The normalized spacial score (nSPS) is 25.6. The van der Waals surface area contributed by atoms with Gasteiger partial charge in [-0.1, -0.05) is 36.4 Å². The first-order valence-electron chi connectivity index (χ1n) is 22.9. The van der Waals surface area contributed by atoms with Crippen LogP contribution in [0.4, 0.5) is 4.79 Å². The Morgan fingerprint density at radius 2 is 1.74 bits per heavy atom. The predicted molar refractivity (Wildman–Crippen MR) is 253 cm³/mol. The molecule has 0 radical (unpaired) electrons. The molecule has 1 unspecified atom stereocenters. The topological polar surface area (TPSA) is 188 Å². The zero-order chi connectivity index (χ0) is 48.7. The number of nitrogens with one attached hydrogen (secondary N) is 1. The number of likely N-dealkylation sites (N-methyl/N-ethyl adjacent to an activating group) is 1. The maximum atomic E-state index is 15.2. The number of rotatable bonds is 6. The standard InChI is InChI=1S/C52H54N4O12S/c1-26-18-30-19-32-33(22-53)56-34-23-63-49(59)52(31-21-35(61-7)36(20-29(31)16-17-54-52)66-50(60)68-51(3,4)5)24-69-48(42(56)41(55(32)6)38(30)43(58)44(26)62-8)40-39(34)47-46(64-25-65-47)27(2)45(40)67-37(57)15-14-28-12-10-9-11-13-28/h9-15,18,20-21,32-34,41-42,48,54,58H,16-17,19,23-25H2,1-8H3/t32-,33-,34-,41-,42?,48+,52+/m0/s1. The smallest absolute Gasteiger partial charge is 0.504 e. The fraction of sp³-hybridized carbons (Fsp3) is 0.423. The van der Waals surface area contributed by atoms with Crippen molar-refractivity contribution in [3.05, 3.63) is 105 Å². The zero-order valence-corrected chi connectivity index (χ0v) is 40.5. The molecular formula is C52H54N4O12S. The molecule has 11 rings (SSSR count). The van der Waals surface area contributed by atoms with Crippen LogP contribution < -0.4 is 33.7 Å². The molecule has 360 valence electrons.